The van der Waals surface area contributed by atoms with Gasteiger partial charge >= 0.3 is 0 Å². The second-order valence-corrected chi connectivity index (χ2v) is 4.05. The summed E-state index contributed by atoms with van der Waals surface area (Å²) in [5.74, 6) is 2.79. The fraction of sp³-hybridized carbons (Fsp3) is 0.778. The molecule has 1 fully saturated rings. The van der Waals surface area contributed by atoms with E-state index in [2.05, 4.69) is 14.8 Å². The maximum Gasteiger partial charge on any atom is 0.136 e. The van der Waals surface area contributed by atoms with Crippen molar-refractivity contribution in [3.8, 4) is 0 Å². The Morgan fingerprint density at radius 2 is 2.08 bits per heavy atom. The predicted molar refractivity (Wildman–Crippen MR) is 46.3 cm³/mol. The molecule has 3 rings (SSSR count). The SMILES string of the molecule is OC1CCn2c(nnc2C2CC2)C1. The van der Waals surface area contributed by atoms with Gasteiger partial charge in [-0.15, -0.1) is 10.2 Å². The summed E-state index contributed by atoms with van der Waals surface area (Å²) in [6.45, 7) is 0.898. The minimum atomic E-state index is -0.205. The zero-order valence-corrected chi connectivity index (χ0v) is 7.48. The third-order valence-corrected chi connectivity index (χ3v) is 2.90. The van der Waals surface area contributed by atoms with Crippen molar-refractivity contribution >= 4 is 0 Å². The second-order valence-electron chi connectivity index (χ2n) is 4.05. The van der Waals surface area contributed by atoms with Gasteiger partial charge in [-0.1, -0.05) is 0 Å². The molecule has 0 bridgehead atoms. The highest BCUT2D eigenvalue weighted by atomic mass is 16.3. The quantitative estimate of drug-likeness (QED) is 0.681. The van der Waals surface area contributed by atoms with E-state index in [-0.39, 0.29) is 6.10 Å². The van der Waals surface area contributed by atoms with Gasteiger partial charge in [0, 0.05) is 18.9 Å². The van der Waals surface area contributed by atoms with Crippen LogP contribution < -0.4 is 0 Å². The number of aliphatic hydroxyl groups is 1. The van der Waals surface area contributed by atoms with Gasteiger partial charge in [-0.25, -0.2) is 0 Å². The van der Waals surface area contributed by atoms with Crippen molar-refractivity contribution in [2.45, 2.75) is 44.2 Å². The van der Waals surface area contributed by atoms with Crippen LogP contribution in [-0.2, 0) is 13.0 Å². The molecular formula is C9H13N3O. The Hall–Kier alpha value is -0.900. The van der Waals surface area contributed by atoms with Gasteiger partial charge in [-0.3, -0.25) is 0 Å². The van der Waals surface area contributed by atoms with Crippen molar-refractivity contribution in [1.29, 1.82) is 0 Å². The van der Waals surface area contributed by atoms with Crippen LogP contribution in [0.3, 0.4) is 0 Å². The number of nitrogens with zero attached hydrogens (tertiary/aromatic N) is 3. The normalized spacial score (nSPS) is 27.3. The average Bonchev–Trinajstić information content (AvgIpc) is 2.87. The molecule has 0 radical (unpaired) electrons. The van der Waals surface area contributed by atoms with Crippen molar-refractivity contribution in [2.24, 2.45) is 0 Å². The fourth-order valence-electron chi connectivity index (χ4n) is 1.98. The summed E-state index contributed by atoms with van der Waals surface area (Å²) >= 11 is 0. The van der Waals surface area contributed by atoms with Crippen LogP contribution in [0, 0.1) is 0 Å². The number of hydrogen-bond donors (Lipinski definition) is 1. The van der Waals surface area contributed by atoms with E-state index in [0.29, 0.717) is 12.3 Å². The van der Waals surface area contributed by atoms with E-state index in [9.17, 15) is 5.11 Å². The highest BCUT2D eigenvalue weighted by Crippen LogP contribution is 2.39. The summed E-state index contributed by atoms with van der Waals surface area (Å²) in [5.41, 5.74) is 0. The lowest BCUT2D eigenvalue weighted by Crippen LogP contribution is -2.24. The van der Waals surface area contributed by atoms with Crippen molar-refractivity contribution in [1.82, 2.24) is 14.8 Å². The second kappa shape index (κ2) is 2.54. The molecule has 4 heteroatoms. The van der Waals surface area contributed by atoms with E-state index in [1.54, 1.807) is 0 Å². The summed E-state index contributed by atoms with van der Waals surface area (Å²) in [6.07, 6.45) is 3.86. The van der Waals surface area contributed by atoms with Crippen LogP contribution in [0.1, 0.15) is 36.8 Å². The van der Waals surface area contributed by atoms with Gasteiger partial charge in [0.2, 0.25) is 0 Å². The Labute approximate surface area is 76.6 Å². The van der Waals surface area contributed by atoms with Gasteiger partial charge in [0.25, 0.3) is 0 Å². The van der Waals surface area contributed by atoms with Gasteiger partial charge in [0.05, 0.1) is 6.10 Å². The van der Waals surface area contributed by atoms with Crippen molar-refractivity contribution in [3.05, 3.63) is 11.6 Å². The molecule has 70 valence electrons. The van der Waals surface area contributed by atoms with Crippen LogP contribution >= 0.6 is 0 Å². The Morgan fingerprint density at radius 3 is 2.85 bits per heavy atom. The molecule has 1 aliphatic carbocycles. The topological polar surface area (TPSA) is 50.9 Å². The van der Waals surface area contributed by atoms with Crippen LogP contribution in [0.2, 0.25) is 0 Å². The van der Waals surface area contributed by atoms with Crippen LogP contribution in [0.4, 0.5) is 0 Å². The molecule has 0 saturated heterocycles. The van der Waals surface area contributed by atoms with E-state index in [4.69, 9.17) is 0 Å². The molecule has 13 heavy (non-hydrogen) atoms. The van der Waals surface area contributed by atoms with Crippen LogP contribution in [0.25, 0.3) is 0 Å². The molecule has 0 aromatic carbocycles. The lowest BCUT2D eigenvalue weighted by atomic mass is 10.1. The van der Waals surface area contributed by atoms with E-state index < -0.39 is 0 Å². The largest absolute Gasteiger partial charge is 0.393 e. The number of aromatic nitrogens is 3. The van der Waals surface area contributed by atoms with Crippen LogP contribution in [0.15, 0.2) is 0 Å². The minimum Gasteiger partial charge on any atom is -0.393 e. The van der Waals surface area contributed by atoms with Crippen molar-refractivity contribution in [3.63, 3.8) is 0 Å². The van der Waals surface area contributed by atoms with Crippen molar-refractivity contribution in [2.75, 3.05) is 0 Å². The molecule has 0 spiro atoms. The molecule has 4 nitrogen and oxygen atoms in total. The van der Waals surface area contributed by atoms with Gasteiger partial charge < -0.3 is 9.67 Å². The first-order valence-electron chi connectivity index (χ1n) is 4.94. The molecular weight excluding hydrogens is 166 g/mol. The molecule has 1 atom stereocenters. The van der Waals surface area contributed by atoms with Crippen molar-refractivity contribution < 1.29 is 5.11 Å². The van der Waals surface area contributed by atoms with Gasteiger partial charge in [-0.05, 0) is 19.3 Å². The summed E-state index contributed by atoms with van der Waals surface area (Å²) in [7, 11) is 0. The first-order chi connectivity index (χ1) is 6.34. The lowest BCUT2D eigenvalue weighted by molar-refractivity contribution is 0.141. The molecule has 1 N–H and O–H groups in total. The molecule has 2 heterocycles. The Kier molecular flexibility index (Phi) is 1.47. The van der Waals surface area contributed by atoms with Gasteiger partial charge in [-0.2, -0.15) is 0 Å². The lowest BCUT2D eigenvalue weighted by Gasteiger charge is -2.19. The Bertz CT molecular complexity index is 330. The van der Waals surface area contributed by atoms with Gasteiger partial charge in [0.15, 0.2) is 0 Å². The molecule has 1 aliphatic heterocycles. The summed E-state index contributed by atoms with van der Waals surface area (Å²) < 4.78 is 2.20. The fourth-order valence-corrected chi connectivity index (χ4v) is 1.98. The van der Waals surface area contributed by atoms with Gasteiger partial charge in [0.1, 0.15) is 11.6 Å². The smallest absolute Gasteiger partial charge is 0.136 e. The highest BCUT2D eigenvalue weighted by molar-refractivity contribution is 5.10. The monoisotopic (exact) mass is 179 g/mol. The summed E-state index contributed by atoms with van der Waals surface area (Å²) in [6, 6.07) is 0. The third-order valence-electron chi connectivity index (χ3n) is 2.90. The molecule has 1 aromatic rings. The summed E-state index contributed by atoms with van der Waals surface area (Å²) in [5, 5.41) is 17.8. The summed E-state index contributed by atoms with van der Waals surface area (Å²) in [4.78, 5) is 0. The Balaban J connectivity index is 1.97. The first-order valence-corrected chi connectivity index (χ1v) is 4.94. The maximum atomic E-state index is 9.44. The molecule has 0 amide bonds. The number of fused-ring (bicyclic) bond motifs is 1. The molecule has 2 aliphatic rings. The predicted octanol–water partition coefficient (Wildman–Crippen LogP) is 0.463. The average molecular weight is 179 g/mol. The van der Waals surface area contributed by atoms with Crippen LogP contribution in [-0.4, -0.2) is 26.0 Å². The highest BCUT2D eigenvalue weighted by Gasteiger charge is 2.31. The first kappa shape index (κ1) is 7.50. The van der Waals surface area contributed by atoms with Crippen LogP contribution in [0.5, 0.6) is 0 Å². The van der Waals surface area contributed by atoms with E-state index in [1.807, 2.05) is 0 Å². The molecule has 1 aromatic heterocycles. The van der Waals surface area contributed by atoms with E-state index >= 15 is 0 Å². The van der Waals surface area contributed by atoms with E-state index in [0.717, 1.165) is 24.6 Å². The maximum absolute atomic E-state index is 9.44. The third kappa shape index (κ3) is 1.16. The zero-order valence-electron chi connectivity index (χ0n) is 7.48. The number of hydrogen-bond acceptors (Lipinski definition) is 3. The number of rotatable bonds is 1. The van der Waals surface area contributed by atoms with E-state index in [1.165, 1.54) is 12.8 Å². The minimum absolute atomic E-state index is 0.205. The molecule has 1 saturated carbocycles. The number of aliphatic hydroxyl groups excluding tert-OH is 1. The standard InChI is InChI=1S/C9H13N3O/c13-7-3-4-12-8(5-7)10-11-9(12)6-1-2-6/h6-7,13H,1-5H2. The zero-order chi connectivity index (χ0) is 8.84. The Morgan fingerprint density at radius 1 is 1.23 bits per heavy atom. The molecule has 1 unspecified atom stereocenters.